The summed E-state index contributed by atoms with van der Waals surface area (Å²) >= 11 is 6.25. The van der Waals surface area contributed by atoms with E-state index < -0.39 is 11.8 Å². The van der Waals surface area contributed by atoms with Crippen molar-refractivity contribution in [2.45, 2.75) is 63.9 Å². The van der Waals surface area contributed by atoms with E-state index in [0.717, 1.165) is 37.8 Å². The highest BCUT2D eigenvalue weighted by Crippen LogP contribution is 2.47. The number of nitrogens with zero attached hydrogens (tertiary/aromatic N) is 1. The Morgan fingerprint density at radius 1 is 1.20 bits per heavy atom. The number of halogens is 1. The second-order valence-electron chi connectivity index (χ2n) is 8.24. The highest BCUT2D eigenvalue weighted by atomic mass is 35.5. The summed E-state index contributed by atoms with van der Waals surface area (Å²) in [5.74, 6) is -1.60. The van der Waals surface area contributed by atoms with E-state index in [9.17, 15) is 14.7 Å². The average molecular weight is 432 g/mol. The number of carbonyl (C=O) groups excluding carboxylic acids is 2. The van der Waals surface area contributed by atoms with Crippen molar-refractivity contribution in [2.24, 2.45) is 10.9 Å². The molecular formula is C23H26ClNO5. The molecule has 0 amide bonds. The molecule has 7 heteroatoms. The third-order valence-electron chi connectivity index (χ3n) is 6.30. The van der Waals surface area contributed by atoms with E-state index in [0.29, 0.717) is 29.7 Å². The lowest BCUT2D eigenvalue weighted by Crippen LogP contribution is -2.38. The van der Waals surface area contributed by atoms with E-state index in [1.165, 1.54) is 7.11 Å². The summed E-state index contributed by atoms with van der Waals surface area (Å²) in [7, 11) is 1.44. The standard InChI is InChI=1S/C23H26ClNO5/c1-12-19(23(28)30-14-6-3-4-7-14)20(21-16(25-12)8-5-9-17(21)26)13-10-15(24)22(27)18(11-13)29-2/h10-11,14,19-20,27H,3-9H2,1-2H3/t19?,20-/m0/s1. The molecule has 3 aliphatic rings. The molecule has 2 atom stereocenters. The van der Waals surface area contributed by atoms with Crippen LogP contribution in [0.1, 0.15) is 63.4 Å². The molecule has 2 aliphatic carbocycles. The van der Waals surface area contributed by atoms with E-state index in [1.807, 2.05) is 6.92 Å². The van der Waals surface area contributed by atoms with Gasteiger partial charge >= 0.3 is 5.97 Å². The van der Waals surface area contributed by atoms with Gasteiger partial charge in [-0.15, -0.1) is 0 Å². The van der Waals surface area contributed by atoms with Gasteiger partial charge in [-0.2, -0.15) is 0 Å². The van der Waals surface area contributed by atoms with Crippen LogP contribution in [0.3, 0.4) is 0 Å². The molecule has 30 heavy (non-hydrogen) atoms. The van der Waals surface area contributed by atoms with Gasteiger partial charge in [-0.05, 0) is 63.1 Å². The van der Waals surface area contributed by atoms with E-state index in [-0.39, 0.29) is 34.4 Å². The number of benzene rings is 1. The van der Waals surface area contributed by atoms with E-state index >= 15 is 0 Å². The first kappa shape index (κ1) is 20.9. The SMILES string of the molecule is COc1cc([C@@H]2C3=C(CCCC3=O)N=C(C)C2C(=O)OC2CCCC2)cc(Cl)c1O. The van der Waals surface area contributed by atoms with Gasteiger partial charge < -0.3 is 14.6 Å². The molecule has 1 N–H and O–H groups in total. The van der Waals surface area contributed by atoms with Crippen molar-refractivity contribution in [2.75, 3.05) is 7.11 Å². The van der Waals surface area contributed by atoms with E-state index in [2.05, 4.69) is 4.99 Å². The molecule has 0 aromatic heterocycles. The number of carbonyl (C=O) groups is 2. The van der Waals surface area contributed by atoms with Crippen molar-refractivity contribution < 1.29 is 24.2 Å². The van der Waals surface area contributed by atoms with Gasteiger partial charge in [0.05, 0.1) is 12.1 Å². The number of Topliss-reactive ketones (excluding diaryl/α,β-unsaturated/α-hetero) is 1. The van der Waals surface area contributed by atoms with Gasteiger partial charge in [0.15, 0.2) is 17.3 Å². The highest BCUT2D eigenvalue weighted by Gasteiger charge is 2.44. The predicted molar refractivity (Wildman–Crippen MR) is 113 cm³/mol. The van der Waals surface area contributed by atoms with Crippen LogP contribution in [0.4, 0.5) is 0 Å². The van der Waals surface area contributed by atoms with Crippen molar-refractivity contribution in [3.05, 3.63) is 34.0 Å². The maximum absolute atomic E-state index is 13.3. The fraction of sp³-hybridized carbons (Fsp3) is 0.522. The Hall–Kier alpha value is -2.34. The molecule has 1 unspecified atom stereocenters. The zero-order valence-electron chi connectivity index (χ0n) is 17.2. The number of phenols is 1. The fourth-order valence-corrected chi connectivity index (χ4v) is 5.06. The van der Waals surface area contributed by atoms with Crippen molar-refractivity contribution in [3.63, 3.8) is 0 Å². The Labute approximate surface area is 180 Å². The fourth-order valence-electron chi connectivity index (χ4n) is 4.84. The quantitative estimate of drug-likeness (QED) is 0.697. The van der Waals surface area contributed by atoms with Crippen LogP contribution in [0, 0.1) is 5.92 Å². The van der Waals surface area contributed by atoms with Gasteiger partial charge in [-0.3, -0.25) is 14.6 Å². The van der Waals surface area contributed by atoms with Crippen LogP contribution >= 0.6 is 11.6 Å². The lowest BCUT2D eigenvalue weighted by molar-refractivity contribution is -0.151. The highest BCUT2D eigenvalue weighted by molar-refractivity contribution is 6.32. The zero-order chi connectivity index (χ0) is 21.4. The topological polar surface area (TPSA) is 85.2 Å². The lowest BCUT2D eigenvalue weighted by atomic mass is 9.71. The number of aliphatic imine (C=N–C) groups is 1. The smallest absolute Gasteiger partial charge is 0.315 e. The molecule has 4 rings (SSSR count). The van der Waals surface area contributed by atoms with Crippen LogP contribution in [0.5, 0.6) is 11.5 Å². The third-order valence-corrected chi connectivity index (χ3v) is 6.59. The molecule has 0 spiro atoms. The molecule has 1 heterocycles. The van der Waals surface area contributed by atoms with Crippen molar-refractivity contribution in [3.8, 4) is 11.5 Å². The molecule has 0 bridgehead atoms. The van der Waals surface area contributed by atoms with Crippen LogP contribution < -0.4 is 4.74 Å². The third kappa shape index (κ3) is 3.73. The number of hydrogen-bond donors (Lipinski definition) is 1. The van der Waals surface area contributed by atoms with Gasteiger partial charge in [-0.25, -0.2) is 0 Å². The summed E-state index contributed by atoms with van der Waals surface area (Å²) in [4.78, 5) is 30.9. The summed E-state index contributed by atoms with van der Waals surface area (Å²) in [5, 5.41) is 10.3. The Morgan fingerprint density at radius 3 is 2.63 bits per heavy atom. The number of hydrogen-bond acceptors (Lipinski definition) is 6. The summed E-state index contributed by atoms with van der Waals surface area (Å²) < 4.78 is 11.1. The molecule has 1 aromatic carbocycles. The van der Waals surface area contributed by atoms with Crippen LogP contribution in [-0.2, 0) is 14.3 Å². The second kappa shape index (κ2) is 8.42. The lowest BCUT2D eigenvalue weighted by Gasteiger charge is -2.35. The van der Waals surface area contributed by atoms with E-state index in [4.69, 9.17) is 21.1 Å². The van der Waals surface area contributed by atoms with Crippen LogP contribution in [0.25, 0.3) is 0 Å². The first-order valence-electron chi connectivity index (χ1n) is 10.5. The van der Waals surface area contributed by atoms with Gasteiger partial charge in [0.2, 0.25) is 0 Å². The average Bonchev–Trinajstić information content (AvgIpc) is 3.22. The first-order chi connectivity index (χ1) is 14.4. The van der Waals surface area contributed by atoms with Crippen molar-refractivity contribution in [1.29, 1.82) is 0 Å². The number of allylic oxidation sites excluding steroid dienone is 2. The zero-order valence-corrected chi connectivity index (χ0v) is 18.0. The minimum Gasteiger partial charge on any atom is -0.503 e. The number of aromatic hydroxyl groups is 1. The van der Waals surface area contributed by atoms with Gasteiger partial charge in [0, 0.05) is 29.3 Å². The van der Waals surface area contributed by atoms with Gasteiger partial charge in [0.1, 0.15) is 12.0 Å². The monoisotopic (exact) mass is 431 g/mol. The van der Waals surface area contributed by atoms with Crippen LogP contribution in [0.15, 0.2) is 28.4 Å². The molecule has 1 fully saturated rings. The number of rotatable bonds is 4. The molecular weight excluding hydrogens is 406 g/mol. The maximum atomic E-state index is 13.3. The number of esters is 1. The number of methoxy groups -OCH3 is 1. The Bertz CT molecular complexity index is 945. The van der Waals surface area contributed by atoms with Crippen molar-refractivity contribution >= 4 is 29.1 Å². The predicted octanol–water partition coefficient (Wildman–Crippen LogP) is 4.72. The molecule has 0 saturated heterocycles. The van der Waals surface area contributed by atoms with E-state index in [1.54, 1.807) is 12.1 Å². The minimum absolute atomic E-state index is 0.000620. The molecule has 1 saturated carbocycles. The Morgan fingerprint density at radius 2 is 1.93 bits per heavy atom. The summed E-state index contributed by atoms with van der Waals surface area (Å²) in [6.07, 6.45) is 5.63. The minimum atomic E-state index is -0.711. The molecule has 1 aromatic rings. The Balaban J connectivity index is 1.81. The summed E-state index contributed by atoms with van der Waals surface area (Å²) in [6, 6.07) is 3.25. The number of phenolic OH excluding ortho intramolecular Hbond substituents is 1. The number of ketones is 1. The summed E-state index contributed by atoms with van der Waals surface area (Å²) in [5.41, 5.74) is 2.57. The van der Waals surface area contributed by atoms with Gasteiger partial charge in [-0.1, -0.05) is 11.6 Å². The first-order valence-corrected chi connectivity index (χ1v) is 10.9. The normalized spacial score (nSPS) is 24.5. The van der Waals surface area contributed by atoms with Gasteiger partial charge in [0.25, 0.3) is 0 Å². The molecule has 1 aliphatic heterocycles. The maximum Gasteiger partial charge on any atom is 0.315 e. The Kier molecular flexibility index (Phi) is 5.87. The molecule has 0 radical (unpaired) electrons. The molecule has 160 valence electrons. The largest absolute Gasteiger partial charge is 0.503 e. The van der Waals surface area contributed by atoms with Crippen LogP contribution in [-0.4, -0.2) is 35.8 Å². The van der Waals surface area contributed by atoms with Crippen LogP contribution in [0.2, 0.25) is 5.02 Å². The second-order valence-corrected chi connectivity index (χ2v) is 8.65. The summed E-state index contributed by atoms with van der Waals surface area (Å²) in [6.45, 7) is 1.82. The van der Waals surface area contributed by atoms with Crippen molar-refractivity contribution in [1.82, 2.24) is 0 Å². The number of ether oxygens (including phenoxy) is 2. The molecule has 6 nitrogen and oxygen atoms in total.